The topological polar surface area (TPSA) is 57.6 Å². The van der Waals surface area contributed by atoms with Crippen LogP contribution in [-0.2, 0) is 22.4 Å². The molecule has 1 aromatic carbocycles. The maximum Gasteiger partial charge on any atom is 0.311 e. The summed E-state index contributed by atoms with van der Waals surface area (Å²) in [5, 5.41) is 9.23. The van der Waals surface area contributed by atoms with Crippen LogP contribution in [0.4, 0.5) is 0 Å². The molecule has 0 aliphatic carbocycles. The molecule has 1 aliphatic rings. The van der Waals surface area contributed by atoms with Crippen molar-refractivity contribution in [1.82, 2.24) is 4.90 Å². The number of carbonyl (C=O) groups excluding carboxylic acids is 1. The average molecular weight is 303 g/mol. The van der Waals surface area contributed by atoms with Gasteiger partial charge in [0.2, 0.25) is 5.91 Å². The number of carboxylic acid groups (broad SMARTS) is 1. The van der Waals surface area contributed by atoms with E-state index in [-0.39, 0.29) is 5.91 Å². The van der Waals surface area contributed by atoms with E-state index in [4.69, 9.17) is 0 Å². The van der Waals surface area contributed by atoms with E-state index in [1.54, 1.807) is 11.8 Å². The van der Waals surface area contributed by atoms with Crippen LogP contribution in [-0.4, -0.2) is 35.0 Å². The quantitative estimate of drug-likeness (QED) is 0.879. The van der Waals surface area contributed by atoms with Crippen molar-refractivity contribution in [3.8, 4) is 0 Å². The first-order valence-corrected chi connectivity index (χ1v) is 8.03. The van der Waals surface area contributed by atoms with Crippen molar-refractivity contribution in [1.29, 1.82) is 0 Å². The number of carbonyl (C=O) groups is 2. The molecule has 2 rings (SSSR count). The van der Waals surface area contributed by atoms with Crippen molar-refractivity contribution < 1.29 is 14.7 Å². The highest BCUT2D eigenvalue weighted by atomic mass is 16.4. The molecular weight excluding hydrogens is 278 g/mol. The maximum absolute atomic E-state index is 12.3. The third-order valence-corrected chi connectivity index (χ3v) is 4.54. The number of rotatable bonds is 6. The van der Waals surface area contributed by atoms with Gasteiger partial charge in [0.25, 0.3) is 0 Å². The van der Waals surface area contributed by atoms with Crippen molar-refractivity contribution in [3.05, 3.63) is 35.4 Å². The molecule has 0 spiro atoms. The lowest BCUT2D eigenvalue weighted by Crippen LogP contribution is -2.35. The van der Waals surface area contributed by atoms with E-state index in [0.717, 1.165) is 12.0 Å². The fourth-order valence-corrected chi connectivity index (χ4v) is 2.84. The Morgan fingerprint density at radius 1 is 1.23 bits per heavy atom. The smallest absolute Gasteiger partial charge is 0.311 e. The van der Waals surface area contributed by atoms with Crippen molar-refractivity contribution in [3.63, 3.8) is 0 Å². The van der Waals surface area contributed by atoms with E-state index in [9.17, 15) is 14.7 Å². The number of nitrogens with zero attached hydrogens (tertiary/aromatic N) is 1. The summed E-state index contributed by atoms with van der Waals surface area (Å²) in [5.41, 5.74) is 1.51. The Morgan fingerprint density at radius 3 is 2.41 bits per heavy atom. The molecule has 1 heterocycles. The Bertz CT molecular complexity index is 538. The molecule has 4 heteroatoms. The lowest BCUT2D eigenvalue weighted by Gasteiger charge is -2.20. The summed E-state index contributed by atoms with van der Waals surface area (Å²) >= 11 is 0. The fourth-order valence-electron chi connectivity index (χ4n) is 2.84. The number of hydrogen-bond acceptors (Lipinski definition) is 2. The number of aryl methyl sites for hydroxylation is 1. The van der Waals surface area contributed by atoms with Gasteiger partial charge in [0.15, 0.2) is 0 Å². The summed E-state index contributed by atoms with van der Waals surface area (Å²) in [6.45, 7) is 4.74. The van der Waals surface area contributed by atoms with Gasteiger partial charge in [0.05, 0.1) is 11.8 Å². The largest absolute Gasteiger partial charge is 0.481 e. The van der Waals surface area contributed by atoms with E-state index in [0.29, 0.717) is 25.9 Å². The van der Waals surface area contributed by atoms with E-state index < -0.39 is 11.4 Å². The Hall–Kier alpha value is -1.84. The Balaban J connectivity index is 1.91. The van der Waals surface area contributed by atoms with Crippen LogP contribution in [0.2, 0.25) is 0 Å². The van der Waals surface area contributed by atoms with Gasteiger partial charge < -0.3 is 10.0 Å². The summed E-state index contributed by atoms with van der Waals surface area (Å²) in [4.78, 5) is 25.2. The minimum Gasteiger partial charge on any atom is -0.481 e. The van der Waals surface area contributed by atoms with Crippen molar-refractivity contribution in [2.75, 3.05) is 13.1 Å². The maximum atomic E-state index is 12.3. The van der Waals surface area contributed by atoms with Gasteiger partial charge in [0, 0.05) is 13.1 Å². The molecule has 1 saturated heterocycles. The number of unbranched alkanes of at least 4 members (excludes halogenated alkanes) is 1. The number of aliphatic carboxylic acids is 1. The molecular formula is C18H25NO3. The summed E-state index contributed by atoms with van der Waals surface area (Å²) in [6.07, 6.45) is 4.32. The lowest BCUT2D eigenvalue weighted by molar-refractivity contribution is -0.147. The third-order valence-electron chi connectivity index (χ3n) is 4.54. The van der Waals surface area contributed by atoms with Crippen molar-refractivity contribution in [2.45, 2.75) is 46.0 Å². The first-order valence-electron chi connectivity index (χ1n) is 8.03. The van der Waals surface area contributed by atoms with Gasteiger partial charge in [-0.05, 0) is 37.3 Å². The van der Waals surface area contributed by atoms with E-state index in [2.05, 4.69) is 19.1 Å². The number of likely N-dealkylation sites (tertiary alicyclic amines) is 1. The van der Waals surface area contributed by atoms with Crippen LogP contribution in [0, 0.1) is 5.41 Å². The van der Waals surface area contributed by atoms with Crippen molar-refractivity contribution in [2.24, 2.45) is 5.41 Å². The Kier molecular flexibility index (Phi) is 5.22. The molecule has 0 aromatic heterocycles. The van der Waals surface area contributed by atoms with E-state index in [1.165, 1.54) is 18.4 Å². The number of amides is 1. The number of benzene rings is 1. The molecule has 1 N–H and O–H groups in total. The molecule has 1 atom stereocenters. The fraction of sp³-hybridized carbons (Fsp3) is 0.556. The lowest BCUT2D eigenvalue weighted by atomic mass is 9.90. The second kappa shape index (κ2) is 6.95. The zero-order chi connectivity index (χ0) is 16.2. The first-order chi connectivity index (χ1) is 10.4. The second-order valence-electron chi connectivity index (χ2n) is 6.53. The minimum absolute atomic E-state index is 0.0197. The van der Waals surface area contributed by atoms with Crippen LogP contribution in [0.25, 0.3) is 0 Å². The molecule has 0 saturated carbocycles. The predicted molar refractivity (Wildman–Crippen MR) is 85.7 cm³/mol. The molecule has 0 bridgehead atoms. The van der Waals surface area contributed by atoms with Gasteiger partial charge in [0.1, 0.15) is 0 Å². The molecule has 0 radical (unpaired) electrons. The molecule has 22 heavy (non-hydrogen) atoms. The number of carboxylic acids is 1. The Morgan fingerprint density at radius 2 is 1.86 bits per heavy atom. The summed E-state index contributed by atoms with van der Waals surface area (Å²) in [6, 6.07) is 8.19. The van der Waals surface area contributed by atoms with Gasteiger partial charge in [-0.1, -0.05) is 37.6 Å². The zero-order valence-electron chi connectivity index (χ0n) is 13.5. The molecule has 4 nitrogen and oxygen atoms in total. The molecule has 1 aromatic rings. The molecule has 120 valence electrons. The summed E-state index contributed by atoms with van der Waals surface area (Å²) in [5.74, 6) is -0.797. The average Bonchev–Trinajstić information content (AvgIpc) is 2.91. The second-order valence-corrected chi connectivity index (χ2v) is 6.53. The monoisotopic (exact) mass is 303 g/mol. The van der Waals surface area contributed by atoms with Crippen molar-refractivity contribution >= 4 is 11.9 Å². The predicted octanol–water partition coefficient (Wildman–Crippen LogP) is 2.89. The van der Waals surface area contributed by atoms with Gasteiger partial charge in [-0.2, -0.15) is 0 Å². The SMILES string of the molecule is CCCCc1ccc(CC(=O)N2CCC(C)(C(=O)O)C2)cc1. The highest BCUT2D eigenvalue weighted by Crippen LogP contribution is 2.30. The van der Waals surface area contributed by atoms with Gasteiger partial charge in [-0.15, -0.1) is 0 Å². The van der Waals surface area contributed by atoms with Crippen LogP contribution in [0.1, 0.15) is 44.2 Å². The van der Waals surface area contributed by atoms with Gasteiger partial charge in [-0.3, -0.25) is 9.59 Å². The first kappa shape index (κ1) is 16.5. The summed E-state index contributed by atoms with van der Waals surface area (Å²) in [7, 11) is 0. The van der Waals surface area contributed by atoms with Gasteiger partial charge >= 0.3 is 5.97 Å². The molecule has 1 amide bonds. The molecule has 1 unspecified atom stereocenters. The molecule has 1 aliphatic heterocycles. The highest BCUT2D eigenvalue weighted by Gasteiger charge is 2.41. The normalized spacial score (nSPS) is 21.1. The van der Waals surface area contributed by atoms with Crippen LogP contribution in [0.15, 0.2) is 24.3 Å². The van der Waals surface area contributed by atoms with E-state index >= 15 is 0 Å². The van der Waals surface area contributed by atoms with Crippen LogP contribution < -0.4 is 0 Å². The van der Waals surface area contributed by atoms with E-state index in [1.807, 2.05) is 12.1 Å². The zero-order valence-corrected chi connectivity index (χ0v) is 13.5. The Labute approximate surface area is 132 Å². The number of hydrogen-bond donors (Lipinski definition) is 1. The standard InChI is InChI=1S/C18H25NO3/c1-3-4-5-14-6-8-15(9-7-14)12-16(20)19-11-10-18(2,13-19)17(21)22/h6-9H,3-5,10-13H2,1-2H3,(H,21,22). The van der Waals surface area contributed by atoms with Gasteiger partial charge in [-0.25, -0.2) is 0 Å². The third kappa shape index (κ3) is 3.87. The van der Waals surface area contributed by atoms with Crippen LogP contribution in [0.5, 0.6) is 0 Å². The summed E-state index contributed by atoms with van der Waals surface area (Å²) < 4.78 is 0. The van der Waals surface area contributed by atoms with Crippen LogP contribution in [0.3, 0.4) is 0 Å². The highest BCUT2D eigenvalue weighted by molar-refractivity contribution is 5.82. The molecule has 1 fully saturated rings. The minimum atomic E-state index is -0.817. The van der Waals surface area contributed by atoms with Crippen LogP contribution >= 0.6 is 0 Å².